The van der Waals surface area contributed by atoms with Crippen molar-refractivity contribution in [3.63, 3.8) is 0 Å². The van der Waals surface area contributed by atoms with Crippen LogP contribution >= 0.6 is 11.3 Å². The molecule has 0 saturated heterocycles. The van der Waals surface area contributed by atoms with Gasteiger partial charge >= 0.3 is 5.97 Å². The van der Waals surface area contributed by atoms with E-state index in [0.717, 1.165) is 10.7 Å². The zero-order valence-corrected chi connectivity index (χ0v) is 15.3. The average Bonchev–Trinajstić information content (AvgIpc) is 3.31. The molecule has 4 rings (SSSR count). The zero-order valence-electron chi connectivity index (χ0n) is 14.5. The Balaban J connectivity index is 1.63. The molecular formula is C20H15N3O3S. The number of pyridine rings is 1. The Bertz CT molecular complexity index is 1040. The van der Waals surface area contributed by atoms with Crippen LogP contribution in [-0.4, -0.2) is 28.4 Å². The van der Waals surface area contributed by atoms with E-state index in [2.05, 4.69) is 15.0 Å². The fourth-order valence-electron chi connectivity index (χ4n) is 2.55. The highest BCUT2D eigenvalue weighted by Gasteiger charge is 2.26. The molecule has 1 aromatic carbocycles. The largest absolute Gasteiger partial charge is 0.493 e. The fourth-order valence-corrected chi connectivity index (χ4v) is 3.30. The van der Waals surface area contributed by atoms with Crippen LogP contribution in [0.3, 0.4) is 0 Å². The molecule has 6 nitrogen and oxygen atoms in total. The predicted octanol–water partition coefficient (Wildman–Crippen LogP) is 3.95. The summed E-state index contributed by atoms with van der Waals surface area (Å²) in [7, 11) is 0. The second-order valence-corrected chi connectivity index (χ2v) is 6.42. The van der Waals surface area contributed by atoms with Crippen LogP contribution in [0, 0.1) is 0 Å². The zero-order chi connectivity index (χ0) is 18.6. The summed E-state index contributed by atoms with van der Waals surface area (Å²) in [5, 5.41) is 2.63. The number of benzene rings is 1. The van der Waals surface area contributed by atoms with Gasteiger partial charge in [-0.1, -0.05) is 18.2 Å². The molecule has 3 heterocycles. The summed E-state index contributed by atoms with van der Waals surface area (Å²) in [6.45, 7) is 2.40. The summed E-state index contributed by atoms with van der Waals surface area (Å²) in [5.41, 5.74) is 2.27. The second-order valence-electron chi connectivity index (χ2n) is 5.56. The Morgan fingerprint density at radius 2 is 2.04 bits per heavy atom. The quantitative estimate of drug-likeness (QED) is 0.497. The highest BCUT2D eigenvalue weighted by atomic mass is 32.1. The lowest BCUT2D eigenvalue weighted by atomic mass is 10.2. The fraction of sp³-hybridized carbons (Fsp3) is 0.100. The Kier molecular flexibility index (Phi) is 4.76. The van der Waals surface area contributed by atoms with E-state index < -0.39 is 5.97 Å². The minimum atomic E-state index is -0.510. The van der Waals surface area contributed by atoms with Crippen molar-refractivity contribution in [2.45, 2.75) is 6.92 Å². The van der Waals surface area contributed by atoms with Crippen molar-refractivity contribution >= 4 is 29.3 Å². The number of nitrogens with zero attached hydrogens (tertiary/aromatic N) is 3. The van der Waals surface area contributed by atoms with Gasteiger partial charge in [0.05, 0.1) is 23.6 Å². The summed E-state index contributed by atoms with van der Waals surface area (Å²) in [4.78, 5) is 25.3. The van der Waals surface area contributed by atoms with Crippen molar-refractivity contribution in [3.05, 3.63) is 71.0 Å². The monoisotopic (exact) mass is 377 g/mol. The molecule has 0 saturated carbocycles. The number of hydrogen-bond donors (Lipinski definition) is 0. The van der Waals surface area contributed by atoms with Gasteiger partial charge in [0.1, 0.15) is 10.8 Å². The smallest absolute Gasteiger partial charge is 0.363 e. The van der Waals surface area contributed by atoms with Gasteiger partial charge in [0.25, 0.3) is 0 Å². The van der Waals surface area contributed by atoms with Crippen LogP contribution < -0.4 is 4.74 Å². The molecule has 3 aromatic rings. The van der Waals surface area contributed by atoms with Gasteiger partial charge in [-0.15, -0.1) is 11.3 Å². The number of thiazole rings is 1. The number of aromatic nitrogens is 2. The molecule has 0 amide bonds. The molecule has 2 aromatic heterocycles. The number of para-hydroxylation sites is 1. The summed E-state index contributed by atoms with van der Waals surface area (Å²) in [6.07, 6.45) is 3.33. The molecule has 134 valence electrons. The third-order valence-electron chi connectivity index (χ3n) is 3.73. The van der Waals surface area contributed by atoms with Crippen LogP contribution in [0.2, 0.25) is 0 Å². The molecule has 7 heteroatoms. The standard InChI is InChI=1S/C20H15N3O3S/c1-2-25-17-9-4-3-7-14(17)18-23-16(20(24)26-18)11-13-12-27-19(22-13)15-8-5-6-10-21-15/h3-12H,2H2,1H3/b16-11+. The van der Waals surface area contributed by atoms with Gasteiger partial charge in [-0.05, 0) is 37.3 Å². The number of aliphatic imine (C=N–C) groups is 1. The lowest BCUT2D eigenvalue weighted by Gasteiger charge is -2.08. The van der Waals surface area contributed by atoms with E-state index in [1.165, 1.54) is 11.3 Å². The van der Waals surface area contributed by atoms with Gasteiger partial charge < -0.3 is 9.47 Å². The number of carbonyl (C=O) groups is 1. The maximum absolute atomic E-state index is 12.2. The first-order chi connectivity index (χ1) is 13.2. The first-order valence-electron chi connectivity index (χ1n) is 8.36. The Hall–Kier alpha value is -3.32. The van der Waals surface area contributed by atoms with Crippen LogP contribution in [0.1, 0.15) is 18.2 Å². The summed E-state index contributed by atoms with van der Waals surface area (Å²) in [5.74, 6) is 0.345. The highest BCUT2D eigenvalue weighted by molar-refractivity contribution is 7.13. The number of carbonyl (C=O) groups excluding carboxylic acids is 1. The molecule has 0 radical (unpaired) electrons. The first-order valence-corrected chi connectivity index (χ1v) is 9.24. The van der Waals surface area contributed by atoms with Crippen LogP contribution in [0.5, 0.6) is 5.75 Å². The summed E-state index contributed by atoms with van der Waals surface area (Å²) < 4.78 is 10.9. The number of hydrogen-bond acceptors (Lipinski definition) is 7. The van der Waals surface area contributed by atoms with E-state index in [4.69, 9.17) is 9.47 Å². The minimum absolute atomic E-state index is 0.203. The molecule has 0 N–H and O–H groups in total. The second kappa shape index (κ2) is 7.51. The Morgan fingerprint density at radius 3 is 2.85 bits per heavy atom. The SMILES string of the molecule is CCOc1ccccc1C1=N/C(=C/c2csc(-c3ccccn3)n2)C(=O)O1. The highest BCUT2D eigenvalue weighted by Crippen LogP contribution is 2.27. The molecule has 0 fully saturated rings. The van der Waals surface area contributed by atoms with E-state index in [0.29, 0.717) is 23.6 Å². The van der Waals surface area contributed by atoms with Gasteiger partial charge in [-0.25, -0.2) is 14.8 Å². The number of rotatable bonds is 5. The van der Waals surface area contributed by atoms with Crippen molar-refractivity contribution < 1.29 is 14.3 Å². The Labute approximate surface area is 159 Å². The molecule has 1 aliphatic rings. The van der Waals surface area contributed by atoms with Crippen molar-refractivity contribution in [1.29, 1.82) is 0 Å². The molecule has 0 spiro atoms. The van der Waals surface area contributed by atoms with E-state index >= 15 is 0 Å². The van der Waals surface area contributed by atoms with Crippen molar-refractivity contribution in [1.82, 2.24) is 9.97 Å². The van der Waals surface area contributed by atoms with Crippen molar-refractivity contribution in [3.8, 4) is 16.5 Å². The molecule has 0 atom stereocenters. The number of cyclic esters (lactones) is 1. The van der Waals surface area contributed by atoms with Gasteiger partial charge in [-0.3, -0.25) is 4.98 Å². The van der Waals surface area contributed by atoms with Gasteiger partial charge in [-0.2, -0.15) is 0 Å². The van der Waals surface area contributed by atoms with Crippen molar-refractivity contribution in [2.24, 2.45) is 4.99 Å². The maximum Gasteiger partial charge on any atom is 0.363 e. The first kappa shape index (κ1) is 17.1. The van der Waals surface area contributed by atoms with Crippen LogP contribution in [-0.2, 0) is 9.53 Å². The molecular weight excluding hydrogens is 362 g/mol. The third-order valence-corrected chi connectivity index (χ3v) is 4.61. The molecule has 0 bridgehead atoms. The van der Waals surface area contributed by atoms with Gasteiger partial charge in [0.15, 0.2) is 5.70 Å². The molecule has 1 aliphatic heterocycles. The van der Waals surface area contributed by atoms with Crippen molar-refractivity contribution in [2.75, 3.05) is 6.61 Å². The number of esters is 1. The van der Waals surface area contributed by atoms with Crippen LogP contribution in [0.25, 0.3) is 16.8 Å². The Morgan fingerprint density at radius 1 is 1.19 bits per heavy atom. The molecule has 27 heavy (non-hydrogen) atoms. The number of ether oxygens (including phenoxy) is 2. The molecule has 0 unspecified atom stereocenters. The topological polar surface area (TPSA) is 73.7 Å². The van der Waals surface area contributed by atoms with E-state index in [-0.39, 0.29) is 11.6 Å². The lowest BCUT2D eigenvalue weighted by molar-refractivity contribution is -0.129. The summed E-state index contributed by atoms with van der Waals surface area (Å²) >= 11 is 1.45. The summed E-state index contributed by atoms with van der Waals surface area (Å²) in [6, 6.07) is 13.0. The maximum atomic E-state index is 12.2. The van der Waals surface area contributed by atoms with Gasteiger partial charge in [0, 0.05) is 11.6 Å². The predicted molar refractivity (Wildman–Crippen MR) is 104 cm³/mol. The lowest BCUT2D eigenvalue weighted by Crippen LogP contribution is -2.07. The van der Waals surface area contributed by atoms with E-state index in [1.54, 1.807) is 12.3 Å². The average molecular weight is 377 g/mol. The van der Waals surface area contributed by atoms with Gasteiger partial charge in [0.2, 0.25) is 5.90 Å². The molecule has 0 aliphatic carbocycles. The van der Waals surface area contributed by atoms with E-state index in [1.807, 2.05) is 54.8 Å². The van der Waals surface area contributed by atoms with E-state index in [9.17, 15) is 4.79 Å². The third kappa shape index (κ3) is 3.63. The van der Waals surface area contributed by atoms with Crippen LogP contribution in [0.4, 0.5) is 0 Å². The van der Waals surface area contributed by atoms with Crippen LogP contribution in [0.15, 0.2) is 64.7 Å². The minimum Gasteiger partial charge on any atom is -0.493 e. The normalized spacial score (nSPS) is 14.9.